The molecule has 0 aliphatic heterocycles. The van der Waals surface area contributed by atoms with Crippen LogP contribution in [0.4, 0.5) is 0 Å². The van der Waals surface area contributed by atoms with Crippen molar-refractivity contribution in [3.63, 3.8) is 0 Å². The van der Waals surface area contributed by atoms with E-state index in [9.17, 15) is 0 Å². The van der Waals surface area contributed by atoms with Gasteiger partial charge < -0.3 is 20.1 Å². The minimum absolute atomic E-state index is 0.703. The summed E-state index contributed by atoms with van der Waals surface area (Å²) in [5.74, 6) is 1.54. The van der Waals surface area contributed by atoms with Gasteiger partial charge in [0.2, 0.25) is 0 Å². The third-order valence-electron chi connectivity index (χ3n) is 2.81. The minimum Gasteiger partial charge on any atom is -0.382 e. The third-order valence-corrected chi connectivity index (χ3v) is 2.81. The van der Waals surface area contributed by atoms with Gasteiger partial charge in [-0.15, -0.1) is 0 Å². The third kappa shape index (κ3) is 13.6. The Kier molecular flexibility index (Phi) is 14.0. The molecular formula is C15H33N3O2. The van der Waals surface area contributed by atoms with Crippen LogP contribution in [0.15, 0.2) is 4.99 Å². The zero-order valence-corrected chi connectivity index (χ0v) is 13.7. The van der Waals surface area contributed by atoms with E-state index >= 15 is 0 Å². The first-order valence-electron chi connectivity index (χ1n) is 7.80. The number of hydrogen-bond donors (Lipinski definition) is 2. The molecule has 0 fully saturated rings. The van der Waals surface area contributed by atoms with Crippen molar-refractivity contribution in [1.82, 2.24) is 10.6 Å². The van der Waals surface area contributed by atoms with Gasteiger partial charge in [0.25, 0.3) is 0 Å². The summed E-state index contributed by atoms with van der Waals surface area (Å²) in [7, 11) is 1.79. The van der Waals surface area contributed by atoms with Crippen molar-refractivity contribution in [1.29, 1.82) is 0 Å². The molecule has 5 nitrogen and oxygen atoms in total. The maximum Gasteiger partial charge on any atom is 0.191 e. The Balaban J connectivity index is 3.39. The predicted molar refractivity (Wildman–Crippen MR) is 85.4 cm³/mol. The molecule has 0 radical (unpaired) electrons. The number of nitrogens with one attached hydrogen (secondary N) is 2. The minimum atomic E-state index is 0.703. The van der Waals surface area contributed by atoms with E-state index in [1.807, 2.05) is 6.92 Å². The first-order valence-corrected chi connectivity index (χ1v) is 7.80. The van der Waals surface area contributed by atoms with Crippen molar-refractivity contribution in [2.45, 2.75) is 40.0 Å². The molecule has 0 aliphatic carbocycles. The highest BCUT2D eigenvalue weighted by Crippen LogP contribution is 1.98. The van der Waals surface area contributed by atoms with Crippen LogP contribution in [-0.2, 0) is 9.47 Å². The number of unbranched alkanes of at least 4 members (excludes halogenated alkanes) is 1. The van der Waals surface area contributed by atoms with E-state index in [4.69, 9.17) is 9.47 Å². The van der Waals surface area contributed by atoms with E-state index < -0.39 is 0 Å². The van der Waals surface area contributed by atoms with E-state index in [1.165, 1.54) is 0 Å². The average Bonchev–Trinajstić information content (AvgIpc) is 2.43. The van der Waals surface area contributed by atoms with Crippen LogP contribution in [0.3, 0.4) is 0 Å². The second kappa shape index (κ2) is 14.6. The van der Waals surface area contributed by atoms with E-state index in [1.54, 1.807) is 7.05 Å². The van der Waals surface area contributed by atoms with Crippen molar-refractivity contribution >= 4 is 5.96 Å². The van der Waals surface area contributed by atoms with Gasteiger partial charge in [0.15, 0.2) is 5.96 Å². The lowest BCUT2D eigenvalue weighted by Crippen LogP contribution is -2.39. The molecule has 0 heterocycles. The Labute approximate surface area is 124 Å². The zero-order valence-electron chi connectivity index (χ0n) is 13.7. The Hall–Kier alpha value is -0.810. The van der Waals surface area contributed by atoms with E-state index in [0.717, 1.165) is 64.7 Å². The maximum absolute atomic E-state index is 5.55. The smallest absolute Gasteiger partial charge is 0.191 e. The van der Waals surface area contributed by atoms with Gasteiger partial charge in [0.05, 0.1) is 6.61 Å². The van der Waals surface area contributed by atoms with Crippen LogP contribution in [0, 0.1) is 5.92 Å². The monoisotopic (exact) mass is 287 g/mol. The number of hydrogen-bond acceptors (Lipinski definition) is 3. The number of rotatable bonds is 12. The summed E-state index contributed by atoms with van der Waals surface area (Å²) >= 11 is 0. The van der Waals surface area contributed by atoms with Crippen LogP contribution in [-0.4, -0.2) is 52.5 Å². The molecule has 0 saturated heterocycles. The summed E-state index contributed by atoms with van der Waals surface area (Å²) in [5.41, 5.74) is 0. The van der Waals surface area contributed by atoms with Crippen LogP contribution in [0.2, 0.25) is 0 Å². The van der Waals surface area contributed by atoms with Crippen LogP contribution in [0.1, 0.15) is 40.0 Å². The molecule has 0 atom stereocenters. The fraction of sp³-hybridized carbons (Fsp3) is 0.933. The molecule has 2 N–H and O–H groups in total. The molecule has 0 amide bonds. The van der Waals surface area contributed by atoms with Gasteiger partial charge in [-0.2, -0.15) is 0 Å². The van der Waals surface area contributed by atoms with E-state index in [-0.39, 0.29) is 0 Å². The van der Waals surface area contributed by atoms with Crippen molar-refractivity contribution in [2.75, 3.05) is 46.6 Å². The largest absolute Gasteiger partial charge is 0.382 e. The Morgan fingerprint density at radius 1 is 1.00 bits per heavy atom. The lowest BCUT2D eigenvalue weighted by atomic mass is 10.1. The highest BCUT2D eigenvalue weighted by Gasteiger charge is 1.97. The zero-order chi connectivity index (χ0) is 15.1. The molecule has 120 valence electrons. The summed E-state index contributed by atoms with van der Waals surface area (Å²) in [5, 5.41) is 6.53. The molecule has 5 heteroatoms. The van der Waals surface area contributed by atoms with Crippen LogP contribution >= 0.6 is 0 Å². The normalized spacial score (nSPS) is 11.9. The fourth-order valence-corrected chi connectivity index (χ4v) is 1.56. The van der Waals surface area contributed by atoms with Crippen LogP contribution < -0.4 is 10.6 Å². The highest BCUT2D eigenvalue weighted by atomic mass is 16.5. The van der Waals surface area contributed by atoms with Gasteiger partial charge >= 0.3 is 0 Å². The van der Waals surface area contributed by atoms with Gasteiger partial charge in [-0.05, 0) is 32.1 Å². The first kappa shape index (κ1) is 19.2. The quantitative estimate of drug-likeness (QED) is 0.328. The SMILES string of the molecule is CCOCCCCNC(=NC)NCCOCCC(C)C. The second-order valence-corrected chi connectivity index (χ2v) is 5.12. The Morgan fingerprint density at radius 2 is 1.75 bits per heavy atom. The Bertz CT molecular complexity index is 233. The predicted octanol–water partition coefficient (Wildman–Crippen LogP) is 2.03. The lowest BCUT2D eigenvalue weighted by Gasteiger charge is -2.12. The second-order valence-electron chi connectivity index (χ2n) is 5.12. The lowest BCUT2D eigenvalue weighted by molar-refractivity contribution is 0.128. The Morgan fingerprint density at radius 3 is 2.40 bits per heavy atom. The number of guanidine groups is 1. The van der Waals surface area contributed by atoms with E-state index in [2.05, 4.69) is 29.5 Å². The molecule has 0 rings (SSSR count). The summed E-state index contributed by atoms with van der Waals surface area (Å²) in [6.45, 7) is 11.3. The highest BCUT2D eigenvalue weighted by molar-refractivity contribution is 5.79. The van der Waals surface area contributed by atoms with Crippen LogP contribution in [0.5, 0.6) is 0 Å². The molecule has 20 heavy (non-hydrogen) atoms. The standard InChI is InChI=1S/C15H33N3O2/c1-5-19-11-7-6-9-17-15(16-4)18-10-13-20-12-8-14(2)3/h14H,5-13H2,1-4H3,(H2,16,17,18). The summed E-state index contributed by atoms with van der Waals surface area (Å²) in [6.07, 6.45) is 3.29. The summed E-state index contributed by atoms with van der Waals surface area (Å²) in [4.78, 5) is 4.18. The number of ether oxygens (including phenoxy) is 2. The molecule has 0 saturated carbocycles. The van der Waals surface area contributed by atoms with Crippen molar-refractivity contribution < 1.29 is 9.47 Å². The molecule has 0 aromatic heterocycles. The topological polar surface area (TPSA) is 54.9 Å². The molecule has 0 aromatic carbocycles. The van der Waals surface area contributed by atoms with E-state index in [0.29, 0.717) is 5.92 Å². The van der Waals surface area contributed by atoms with Crippen molar-refractivity contribution in [3.05, 3.63) is 0 Å². The number of aliphatic imine (C=N–C) groups is 1. The van der Waals surface area contributed by atoms with Crippen molar-refractivity contribution in [2.24, 2.45) is 10.9 Å². The fourth-order valence-electron chi connectivity index (χ4n) is 1.56. The van der Waals surface area contributed by atoms with Crippen molar-refractivity contribution in [3.8, 4) is 0 Å². The first-order chi connectivity index (χ1) is 9.70. The van der Waals surface area contributed by atoms with Gasteiger partial charge in [-0.3, -0.25) is 4.99 Å². The van der Waals surface area contributed by atoms with Crippen LogP contribution in [0.25, 0.3) is 0 Å². The number of nitrogens with zero attached hydrogens (tertiary/aromatic N) is 1. The molecule has 0 spiro atoms. The molecule has 0 aliphatic rings. The van der Waals surface area contributed by atoms with Gasteiger partial charge in [0, 0.05) is 40.0 Å². The van der Waals surface area contributed by atoms with Gasteiger partial charge in [0.1, 0.15) is 0 Å². The molecular weight excluding hydrogens is 254 g/mol. The molecule has 0 unspecified atom stereocenters. The summed E-state index contributed by atoms with van der Waals surface area (Å²) < 4.78 is 10.8. The van der Waals surface area contributed by atoms with Gasteiger partial charge in [-0.1, -0.05) is 13.8 Å². The molecule has 0 aromatic rings. The van der Waals surface area contributed by atoms with Gasteiger partial charge in [-0.25, -0.2) is 0 Å². The molecule has 0 bridgehead atoms. The average molecular weight is 287 g/mol. The summed E-state index contributed by atoms with van der Waals surface area (Å²) in [6, 6.07) is 0. The maximum atomic E-state index is 5.55.